The molecular weight excluding hydrogens is 383 g/mol. The summed E-state index contributed by atoms with van der Waals surface area (Å²) in [7, 11) is 0. The van der Waals surface area contributed by atoms with E-state index in [1.54, 1.807) is 41.3 Å². The maximum absolute atomic E-state index is 15.0. The van der Waals surface area contributed by atoms with Crippen molar-refractivity contribution in [2.45, 2.75) is 43.9 Å². The summed E-state index contributed by atoms with van der Waals surface area (Å²) in [6.07, 6.45) is 4.84. The highest BCUT2D eigenvalue weighted by molar-refractivity contribution is 5.70. The van der Waals surface area contributed by atoms with Gasteiger partial charge in [-0.1, -0.05) is 11.8 Å². The third kappa shape index (κ3) is 3.17. The lowest BCUT2D eigenvalue weighted by molar-refractivity contribution is 0.135. The SMILES string of the molecule is C=C(c1ccc(-c2ccc(-n3ccnn3)cc2O)nn1)[C@H]1C[C@]2(C)CC[C@@H](N2)[C@@H]1F. The maximum atomic E-state index is 15.0. The number of benzene rings is 1. The molecule has 30 heavy (non-hydrogen) atoms. The number of nitrogens with zero attached hydrogens (tertiary/aromatic N) is 5. The van der Waals surface area contributed by atoms with Gasteiger partial charge in [-0.3, -0.25) is 0 Å². The van der Waals surface area contributed by atoms with Crippen LogP contribution in [0.15, 0.2) is 49.3 Å². The molecule has 2 saturated heterocycles. The Morgan fingerprint density at radius 1 is 1.30 bits per heavy atom. The van der Waals surface area contributed by atoms with Crippen molar-refractivity contribution >= 4 is 5.57 Å². The van der Waals surface area contributed by atoms with Crippen LogP contribution in [0.3, 0.4) is 0 Å². The number of hydrogen-bond acceptors (Lipinski definition) is 6. The van der Waals surface area contributed by atoms with Crippen LogP contribution < -0.4 is 5.32 Å². The summed E-state index contributed by atoms with van der Waals surface area (Å²) in [4.78, 5) is 0. The summed E-state index contributed by atoms with van der Waals surface area (Å²) >= 11 is 0. The van der Waals surface area contributed by atoms with Crippen LogP contribution in [0, 0.1) is 5.92 Å². The monoisotopic (exact) mass is 406 g/mol. The number of nitrogens with one attached hydrogen (secondary N) is 1. The number of phenols is 1. The largest absolute Gasteiger partial charge is 0.507 e. The molecule has 0 unspecified atom stereocenters. The van der Waals surface area contributed by atoms with Crippen molar-refractivity contribution in [3.8, 4) is 22.7 Å². The standard InChI is InChI=1S/C22H23FN6O/c1-13(16-12-22(2)8-7-19(25-22)21(16)23)17-5-6-18(27-26-17)15-4-3-14(11-20(15)30)29-10-9-24-28-29/h3-6,9-11,16,19,21,25,30H,1,7-8,12H2,2H3/t16-,19-,21-,22+/m1/s1. The summed E-state index contributed by atoms with van der Waals surface area (Å²) in [5, 5.41) is 30.1. The van der Waals surface area contributed by atoms with E-state index in [1.807, 2.05) is 6.07 Å². The second-order valence-corrected chi connectivity index (χ2v) is 8.48. The van der Waals surface area contributed by atoms with Crippen LogP contribution >= 0.6 is 0 Å². The van der Waals surface area contributed by atoms with Crippen molar-refractivity contribution in [1.82, 2.24) is 30.5 Å². The van der Waals surface area contributed by atoms with Crippen LogP contribution in [0.1, 0.15) is 31.9 Å². The fraction of sp³-hybridized carbons (Fsp3) is 0.364. The normalized spacial score (nSPS) is 27.9. The zero-order chi connectivity index (χ0) is 20.9. The van der Waals surface area contributed by atoms with Gasteiger partial charge in [-0.25, -0.2) is 9.07 Å². The molecule has 8 heteroatoms. The van der Waals surface area contributed by atoms with Crippen LogP contribution in [-0.4, -0.2) is 48.1 Å². The van der Waals surface area contributed by atoms with Crippen molar-refractivity contribution in [3.63, 3.8) is 0 Å². The minimum absolute atomic E-state index is 0.0358. The number of hydrogen-bond donors (Lipinski definition) is 2. The van der Waals surface area contributed by atoms with Gasteiger partial charge in [-0.15, -0.1) is 10.2 Å². The molecule has 0 amide bonds. The van der Waals surface area contributed by atoms with Gasteiger partial charge in [0.15, 0.2) is 0 Å². The van der Waals surface area contributed by atoms with Crippen LogP contribution in [0.2, 0.25) is 0 Å². The van der Waals surface area contributed by atoms with E-state index in [2.05, 4.69) is 39.3 Å². The molecule has 2 aromatic heterocycles. The number of phenolic OH excluding ortho intramolecular Hbond substituents is 1. The van der Waals surface area contributed by atoms with Crippen molar-refractivity contribution in [2.24, 2.45) is 5.92 Å². The Hall–Kier alpha value is -3.13. The van der Waals surface area contributed by atoms with E-state index in [9.17, 15) is 9.50 Å². The highest BCUT2D eigenvalue weighted by Gasteiger charge is 2.49. The Balaban J connectivity index is 1.38. The smallest absolute Gasteiger partial charge is 0.127 e. The van der Waals surface area contributed by atoms with Gasteiger partial charge in [0, 0.05) is 29.1 Å². The number of halogens is 1. The number of alkyl halides is 1. The molecule has 0 spiro atoms. The van der Waals surface area contributed by atoms with Gasteiger partial charge in [0.05, 0.1) is 29.5 Å². The van der Waals surface area contributed by atoms with Crippen molar-refractivity contribution in [3.05, 3.63) is 55.0 Å². The second kappa shape index (κ2) is 6.98. The predicted molar refractivity (Wildman–Crippen MR) is 111 cm³/mol. The second-order valence-electron chi connectivity index (χ2n) is 8.48. The molecule has 3 aromatic rings. The highest BCUT2D eigenvalue weighted by atomic mass is 19.1. The van der Waals surface area contributed by atoms with E-state index in [-0.39, 0.29) is 23.2 Å². The van der Waals surface area contributed by atoms with Crippen molar-refractivity contribution in [2.75, 3.05) is 0 Å². The Labute approximate surface area is 173 Å². The molecule has 7 nitrogen and oxygen atoms in total. The van der Waals surface area contributed by atoms with Gasteiger partial charge in [-0.2, -0.15) is 5.10 Å². The van der Waals surface area contributed by atoms with Crippen LogP contribution in [0.4, 0.5) is 4.39 Å². The van der Waals surface area contributed by atoms with Crippen molar-refractivity contribution < 1.29 is 9.50 Å². The van der Waals surface area contributed by atoms with Crippen LogP contribution in [0.5, 0.6) is 5.75 Å². The molecule has 0 radical (unpaired) electrons. The Morgan fingerprint density at radius 3 is 2.87 bits per heavy atom. The molecule has 2 fully saturated rings. The lowest BCUT2D eigenvalue weighted by Crippen LogP contribution is -2.53. The number of aromatic hydroxyl groups is 1. The lowest BCUT2D eigenvalue weighted by Gasteiger charge is -2.39. The predicted octanol–water partition coefficient (Wildman–Crippen LogP) is 3.31. The van der Waals surface area contributed by atoms with Crippen molar-refractivity contribution in [1.29, 1.82) is 0 Å². The van der Waals surface area contributed by atoms with Gasteiger partial charge in [0.25, 0.3) is 0 Å². The number of allylic oxidation sites excluding steroid dienone is 1. The first-order valence-electron chi connectivity index (χ1n) is 10.1. The average molecular weight is 406 g/mol. The first-order valence-corrected chi connectivity index (χ1v) is 10.1. The molecular formula is C22H23FN6O. The molecule has 1 aromatic carbocycles. The Morgan fingerprint density at radius 2 is 2.17 bits per heavy atom. The first-order chi connectivity index (χ1) is 14.4. The molecule has 5 rings (SSSR count). The molecule has 2 aliphatic heterocycles. The third-order valence-electron chi connectivity index (χ3n) is 6.37. The van der Waals surface area contributed by atoms with E-state index in [0.29, 0.717) is 34.6 Å². The van der Waals surface area contributed by atoms with E-state index in [4.69, 9.17) is 0 Å². The minimum Gasteiger partial charge on any atom is -0.507 e. The zero-order valence-electron chi connectivity index (χ0n) is 16.7. The minimum atomic E-state index is -0.970. The molecule has 2 N–H and O–H groups in total. The summed E-state index contributed by atoms with van der Waals surface area (Å²) in [6.45, 7) is 6.30. The summed E-state index contributed by atoms with van der Waals surface area (Å²) < 4.78 is 16.5. The van der Waals surface area contributed by atoms with Gasteiger partial charge in [-0.05, 0) is 56.0 Å². The van der Waals surface area contributed by atoms with Gasteiger partial charge < -0.3 is 10.4 Å². The van der Waals surface area contributed by atoms with E-state index < -0.39 is 6.17 Å². The number of aromatic nitrogens is 5. The molecule has 0 aliphatic carbocycles. The van der Waals surface area contributed by atoms with E-state index >= 15 is 0 Å². The van der Waals surface area contributed by atoms with Crippen LogP contribution in [0.25, 0.3) is 22.5 Å². The van der Waals surface area contributed by atoms with Crippen LogP contribution in [-0.2, 0) is 0 Å². The molecule has 2 bridgehead atoms. The van der Waals surface area contributed by atoms with Gasteiger partial charge >= 0.3 is 0 Å². The van der Waals surface area contributed by atoms with Gasteiger partial charge in [0.1, 0.15) is 11.9 Å². The molecule has 4 heterocycles. The first kappa shape index (κ1) is 18.9. The summed E-state index contributed by atoms with van der Waals surface area (Å²) in [6, 6.07) is 8.64. The number of fused-ring (bicyclic) bond motifs is 2. The number of rotatable bonds is 4. The number of piperidine rings is 1. The zero-order valence-corrected chi connectivity index (χ0v) is 16.7. The third-order valence-corrected chi connectivity index (χ3v) is 6.37. The average Bonchev–Trinajstić information content (AvgIpc) is 3.39. The molecule has 2 aliphatic rings. The fourth-order valence-electron chi connectivity index (χ4n) is 4.72. The summed E-state index contributed by atoms with van der Waals surface area (Å²) in [5.41, 5.74) is 3.02. The highest BCUT2D eigenvalue weighted by Crippen LogP contribution is 2.44. The topological polar surface area (TPSA) is 88.8 Å². The van der Waals surface area contributed by atoms with Gasteiger partial charge in [0.2, 0.25) is 0 Å². The lowest BCUT2D eigenvalue weighted by atomic mass is 9.78. The Bertz CT molecular complexity index is 1080. The molecule has 154 valence electrons. The summed E-state index contributed by atoms with van der Waals surface area (Å²) in [5.74, 6) is -0.199. The van der Waals surface area contributed by atoms with E-state index in [0.717, 1.165) is 12.8 Å². The maximum Gasteiger partial charge on any atom is 0.127 e. The molecule has 4 atom stereocenters. The Kier molecular flexibility index (Phi) is 4.39. The quantitative estimate of drug-likeness (QED) is 0.691. The molecule has 0 saturated carbocycles. The van der Waals surface area contributed by atoms with E-state index in [1.165, 1.54) is 0 Å². The fourth-order valence-corrected chi connectivity index (χ4v) is 4.72.